The molecule has 2 heterocycles. The second kappa shape index (κ2) is 17.5. The summed E-state index contributed by atoms with van der Waals surface area (Å²) in [5.41, 5.74) is 12.4. The highest BCUT2D eigenvalue weighted by molar-refractivity contribution is 7.26. The zero-order valence-corrected chi connectivity index (χ0v) is 34.8. The standard InChI is InChI=1S/C49H30N2S2.C3H6.C2H6/c1-3-38-30(2)52-48-39(15-8-17-42(38)48)35-11-6-10-34(26-35)32-20-22-33(23-21-32)44-24-31(28-50)25-45(46(44)29-51)37-13-7-12-36(27-37)40-16-9-18-43-41-14-4-5-19-47(41)53-49(40)43;1-3-2;1-2/h3-27H,1H2,2H3;3H,1H2,2H3;1-2H3. The molecule has 58 heavy (non-hydrogen) atoms. The van der Waals surface area contributed by atoms with E-state index in [-0.39, 0.29) is 0 Å². The third-order valence-corrected chi connectivity index (χ3v) is 12.5. The first-order valence-corrected chi connectivity index (χ1v) is 21.0. The van der Waals surface area contributed by atoms with Crippen LogP contribution in [0.4, 0.5) is 0 Å². The summed E-state index contributed by atoms with van der Waals surface area (Å²) in [6.45, 7) is 15.4. The van der Waals surface area contributed by atoms with E-state index in [2.05, 4.69) is 154 Å². The molecule has 0 unspecified atom stereocenters. The molecule has 0 bridgehead atoms. The Morgan fingerprint density at radius 3 is 1.62 bits per heavy atom. The SMILES string of the molecule is C=CC.C=Cc1c(C)sc2c(-c3cccc(-c4ccc(-c5cc(C#N)cc(-c6cccc(-c7cccc8c7sc7ccccc78)c6)c5C#N)cc4)c3)cccc12.CC. The molecular formula is C54H42N2S2. The van der Waals surface area contributed by atoms with Crippen LogP contribution in [0.3, 0.4) is 0 Å². The van der Waals surface area contributed by atoms with Crippen LogP contribution in [-0.2, 0) is 0 Å². The molecule has 0 aliphatic carbocycles. The Kier molecular flexibility index (Phi) is 11.9. The van der Waals surface area contributed by atoms with E-state index >= 15 is 0 Å². The van der Waals surface area contributed by atoms with E-state index in [0.29, 0.717) is 11.1 Å². The Labute approximate surface area is 349 Å². The molecule has 0 spiro atoms. The molecule has 0 N–H and O–H groups in total. The van der Waals surface area contributed by atoms with E-state index in [1.807, 2.05) is 62.4 Å². The topological polar surface area (TPSA) is 47.6 Å². The smallest absolute Gasteiger partial charge is 0.100 e. The Morgan fingerprint density at radius 1 is 0.500 bits per heavy atom. The second-order valence-electron chi connectivity index (χ2n) is 13.6. The Morgan fingerprint density at radius 2 is 1.00 bits per heavy atom. The maximum Gasteiger partial charge on any atom is 0.100 e. The Bertz CT molecular complexity index is 3050. The van der Waals surface area contributed by atoms with Crippen molar-refractivity contribution in [3.8, 4) is 67.8 Å². The average Bonchev–Trinajstić information content (AvgIpc) is 3.83. The summed E-state index contributed by atoms with van der Waals surface area (Å²) in [6, 6.07) is 55.3. The molecule has 9 aromatic rings. The second-order valence-corrected chi connectivity index (χ2v) is 15.8. The summed E-state index contributed by atoms with van der Waals surface area (Å²) >= 11 is 3.61. The Balaban J connectivity index is 0.000000980. The number of thiophene rings is 2. The van der Waals surface area contributed by atoms with Gasteiger partial charge in [0, 0.05) is 46.3 Å². The van der Waals surface area contributed by atoms with Crippen LogP contribution in [0.1, 0.15) is 42.3 Å². The highest BCUT2D eigenvalue weighted by Crippen LogP contribution is 2.43. The lowest BCUT2D eigenvalue weighted by atomic mass is 9.88. The van der Waals surface area contributed by atoms with Crippen LogP contribution in [-0.4, -0.2) is 0 Å². The van der Waals surface area contributed by atoms with Gasteiger partial charge in [0.05, 0.1) is 17.2 Å². The summed E-state index contributed by atoms with van der Waals surface area (Å²) in [6.07, 6.45) is 3.70. The molecule has 0 fully saturated rings. The number of hydrogen-bond donors (Lipinski definition) is 0. The molecular weight excluding hydrogens is 741 g/mol. The minimum atomic E-state index is 0.514. The van der Waals surface area contributed by atoms with Crippen LogP contribution in [0.5, 0.6) is 0 Å². The minimum Gasteiger partial charge on any atom is -0.192 e. The molecule has 0 atom stereocenters. The van der Waals surface area contributed by atoms with Crippen molar-refractivity contribution in [1.82, 2.24) is 0 Å². The number of nitrogens with zero attached hydrogens (tertiary/aromatic N) is 2. The first-order valence-electron chi connectivity index (χ1n) is 19.4. The van der Waals surface area contributed by atoms with E-state index in [1.165, 1.54) is 46.3 Å². The molecule has 2 nitrogen and oxygen atoms in total. The van der Waals surface area contributed by atoms with Gasteiger partial charge in [0.25, 0.3) is 0 Å². The molecule has 4 heteroatoms. The van der Waals surface area contributed by atoms with Gasteiger partial charge in [-0.15, -0.1) is 29.3 Å². The van der Waals surface area contributed by atoms with Crippen LogP contribution >= 0.6 is 22.7 Å². The third kappa shape index (κ3) is 7.40. The first kappa shape index (κ1) is 39.4. The van der Waals surface area contributed by atoms with Crippen molar-refractivity contribution in [2.24, 2.45) is 0 Å². The third-order valence-electron chi connectivity index (χ3n) is 10.1. The van der Waals surface area contributed by atoms with Crippen LogP contribution in [0.2, 0.25) is 0 Å². The van der Waals surface area contributed by atoms with Crippen LogP contribution in [0.15, 0.2) is 165 Å². The van der Waals surface area contributed by atoms with Crippen molar-refractivity contribution >= 4 is 59.0 Å². The van der Waals surface area contributed by atoms with Gasteiger partial charge in [-0.2, -0.15) is 10.5 Å². The maximum absolute atomic E-state index is 10.6. The van der Waals surface area contributed by atoms with Gasteiger partial charge in [-0.3, -0.25) is 0 Å². The number of rotatable bonds is 6. The molecule has 280 valence electrons. The predicted molar refractivity (Wildman–Crippen MR) is 253 cm³/mol. The van der Waals surface area contributed by atoms with Gasteiger partial charge in [-0.25, -0.2) is 0 Å². The van der Waals surface area contributed by atoms with E-state index in [0.717, 1.165) is 50.1 Å². The van der Waals surface area contributed by atoms with Gasteiger partial charge in [0.15, 0.2) is 0 Å². The fourth-order valence-corrected chi connectivity index (χ4v) is 9.99. The van der Waals surface area contributed by atoms with Crippen LogP contribution in [0, 0.1) is 29.6 Å². The normalized spacial score (nSPS) is 10.5. The maximum atomic E-state index is 10.6. The van der Waals surface area contributed by atoms with E-state index in [1.54, 1.807) is 17.4 Å². The fraction of sp³-hybridized carbons (Fsp3) is 0.0741. The number of allylic oxidation sites excluding steroid dienone is 1. The van der Waals surface area contributed by atoms with Gasteiger partial charge in [-0.05, 0) is 94.3 Å². The molecule has 0 aliphatic rings. The largest absolute Gasteiger partial charge is 0.192 e. The minimum absolute atomic E-state index is 0.514. The lowest BCUT2D eigenvalue weighted by Gasteiger charge is -2.14. The monoisotopic (exact) mass is 782 g/mol. The summed E-state index contributed by atoms with van der Waals surface area (Å²) in [4.78, 5) is 1.27. The highest BCUT2D eigenvalue weighted by atomic mass is 32.1. The molecule has 2 aromatic heterocycles. The van der Waals surface area contributed by atoms with E-state index < -0.39 is 0 Å². The van der Waals surface area contributed by atoms with Gasteiger partial charge in [-0.1, -0.05) is 148 Å². The van der Waals surface area contributed by atoms with Gasteiger partial charge < -0.3 is 0 Å². The molecule has 0 radical (unpaired) electrons. The average molecular weight is 783 g/mol. The number of hydrogen-bond acceptors (Lipinski definition) is 4. The zero-order chi connectivity index (χ0) is 40.8. The van der Waals surface area contributed by atoms with Crippen molar-refractivity contribution in [3.05, 3.63) is 186 Å². The van der Waals surface area contributed by atoms with E-state index in [9.17, 15) is 10.5 Å². The number of aryl methyl sites for hydroxylation is 1. The van der Waals surface area contributed by atoms with Crippen molar-refractivity contribution in [1.29, 1.82) is 10.5 Å². The summed E-state index contributed by atoms with van der Waals surface area (Å²) in [5, 5.41) is 24.5. The Hall–Kier alpha value is -6.82. The van der Waals surface area contributed by atoms with Gasteiger partial charge in [0.1, 0.15) is 6.07 Å². The van der Waals surface area contributed by atoms with Gasteiger partial charge >= 0.3 is 0 Å². The summed E-state index contributed by atoms with van der Waals surface area (Å²) < 4.78 is 3.77. The lowest BCUT2D eigenvalue weighted by molar-refractivity contribution is 1.44. The number of fused-ring (bicyclic) bond motifs is 4. The summed E-state index contributed by atoms with van der Waals surface area (Å²) in [5.74, 6) is 0. The number of benzene rings is 7. The zero-order valence-electron chi connectivity index (χ0n) is 33.1. The fourth-order valence-electron chi connectivity index (χ4n) is 7.56. The molecule has 7 aromatic carbocycles. The van der Waals surface area contributed by atoms with Crippen LogP contribution in [0.25, 0.3) is 92.0 Å². The van der Waals surface area contributed by atoms with Gasteiger partial charge in [0.2, 0.25) is 0 Å². The summed E-state index contributed by atoms with van der Waals surface area (Å²) in [7, 11) is 0. The lowest BCUT2D eigenvalue weighted by Crippen LogP contribution is -1.93. The number of nitriles is 2. The molecule has 0 saturated carbocycles. The van der Waals surface area contributed by atoms with Crippen molar-refractivity contribution in [2.75, 3.05) is 0 Å². The molecule has 0 amide bonds. The molecule has 9 rings (SSSR count). The quantitative estimate of drug-likeness (QED) is 0.158. The molecule has 0 saturated heterocycles. The van der Waals surface area contributed by atoms with E-state index in [4.69, 9.17) is 0 Å². The molecule has 0 aliphatic heterocycles. The van der Waals surface area contributed by atoms with Crippen molar-refractivity contribution in [2.45, 2.75) is 27.7 Å². The van der Waals surface area contributed by atoms with Crippen molar-refractivity contribution in [3.63, 3.8) is 0 Å². The van der Waals surface area contributed by atoms with Crippen molar-refractivity contribution < 1.29 is 0 Å². The predicted octanol–water partition coefficient (Wildman–Crippen LogP) is 16.5. The highest BCUT2D eigenvalue weighted by Gasteiger charge is 2.17. The van der Waals surface area contributed by atoms with Crippen LogP contribution < -0.4 is 0 Å². The first-order chi connectivity index (χ1) is 28.5.